The predicted octanol–water partition coefficient (Wildman–Crippen LogP) is 2.56. The molecule has 126 valence electrons. The second kappa shape index (κ2) is 7.85. The number of carbonyl (C=O) groups is 2. The van der Waals surface area contributed by atoms with E-state index in [2.05, 4.69) is 0 Å². The van der Waals surface area contributed by atoms with Crippen LogP contribution in [-0.2, 0) is 4.79 Å². The van der Waals surface area contributed by atoms with E-state index in [1.54, 1.807) is 18.0 Å². The molecule has 0 aromatic heterocycles. The summed E-state index contributed by atoms with van der Waals surface area (Å²) in [6, 6.07) is 4.69. The number of methoxy groups -OCH3 is 1. The van der Waals surface area contributed by atoms with Crippen molar-refractivity contribution in [1.29, 1.82) is 0 Å². The van der Waals surface area contributed by atoms with Gasteiger partial charge in [-0.3, -0.25) is 4.79 Å². The van der Waals surface area contributed by atoms with E-state index in [0.717, 1.165) is 25.7 Å². The number of ether oxygens (including phenoxy) is 2. The summed E-state index contributed by atoms with van der Waals surface area (Å²) >= 11 is 0. The molecule has 0 radical (unpaired) electrons. The van der Waals surface area contributed by atoms with Crippen LogP contribution < -0.4 is 9.47 Å². The quantitative estimate of drug-likeness (QED) is 0.871. The molecule has 0 aliphatic heterocycles. The Bertz CT molecular complexity index is 566. The third-order valence-corrected chi connectivity index (χ3v) is 4.29. The highest BCUT2D eigenvalue weighted by molar-refractivity contribution is 5.91. The number of likely N-dealkylation sites (N-methyl/N-ethyl adjacent to an activating group) is 1. The first-order chi connectivity index (χ1) is 11.0. The van der Waals surface area contributed by atoms with Crippen LogP contribution in [0, 0.1) is 0 Å². The number of carboxylic acid groups (broad SMARTS) is 1. The Balaban J connectivity index is 2.01. The maximum atomic E-state index is 12.3. The number of hydrogen-bond acceptors (Lipinski definition) is 4. The molecule has 0 heterocycles. The van der Waals surface area contributed by atoms with Crippen LogP contribution in [0.1, 0.15) is 42.5 Å². The Labute approximate surface area is 136 Å². The average Bonchev–Trinajstić information content (AvgIpc) is 2.59. The molecule has 2 rings (SSSR count). The molecule has 1 aromatic rings. The summed E-state index contributed by atoms with van der Waals surface area (Å²) in [7, 11) is 3.27. The number of amides is 1. The Morgan fingerprint density at radius 3 is 2.57 bits per heavy atom. The van der Waals surface area contributed by atoms with Crippen molar-refractivity contribution < 1.29 is 24.2 Å². The maximum Gasteiger partial charge on any atom is 0.339 e. The zero-order valence-electron chi connectivity index (χ0n) is 13.6. The lowest BCUT2D eigenvalue weighted by atomic mass is 9.94. The van der Waals surface area contributed by atoms with Gasteiger partial charge in [0, 0.05) is 19.2 Å². The lowest BCUT2D eigenvalue weighted by Gasteiger charge is -2.31. The first-order valence-electron chi connectivity index (χ1n) is 7.82. The molecule has 6 heteroatoms. The van der Waals surface area contributed by atoms with E-state index >= 15 is 0 Å². The van der Waals surface area contributed by atoms with Gasteiger partial charge in [0.15, 0.2) is 6.61 Å². The maximum absolute atomic E-state index is 12.3. The molecule has 1 fully saturated rings. The zero-order chi connectivity index (χ0) is 16.8. The molecule has 1 aliphatic rings. The van der Waals surface area contributed by atoms with Crippen LogP contribution in [0.15, 0.2) is 18.2 Å². The molecule has 1 N–H and O–H groups in total. The molecule has 1 amide bonds. The number of benzene rings is 1. The van der Waals surface area contributed by atoms with Crippen molar-refractivity contribution in [2.45, 2.75) is 38.1 Å². The van der Waals surface area contributed by atoms with Crippen molar-refractivity contribution in [1.82, 2.24) is 4.90 Å². The fraction of sp³-hybridized carbons (Fsp3) is 0.529. The number of carbonyl (C=O) groups excluding carboxylic acids is 1. The van der Waals surface area contributed by atoms with Gasteiger partial charge in [-0.25, -0.2) is 4.79 Å². The van der Waals surface area contributed by atoms with E-state index in [1.807, 2.05) is 0 Å². The minimum Gasteiger partial charge on any atom is -0.497 e. The average molecular weight is 321 g/mol. The summed E-state index contributed by atoms with van der Waals surface area (Å²) in [5, 5.41) is 9.19. The highest BCUT2D eigenvalue weighted by Gasteiger charge is 2.23. The molecule has 1 saturated carbocycles. The predicted molar refractivity (Wildman–Crippen MR) is 85.1 cm³/mol. The third-order valence-electron chi connectivity index (χ3n) is 4.29. The van der Waals surface area contributed by atoms with Crippen molar-refractivity contribution in [3.05, 3.63) is 23.8 Å². The molecule has 0 bridgehead atoms. The van der Waals surface area contributed by atoms with Gasteiger partial charge < -0.3 is 19.5 Å². The summed E-state index contributed by atoms with van der Waals surface area (Å²) in [6.45, 7) is -0.180. The van der Waals surface area contributed by atoms with E-state index in [0.29, 0.717) is 5.75 Å². The highest BCUT2D eigenvalue weighted by atomic mass is 16.5. The Hall–Kier alpha value is -2.24. The molecular formula is C17H23NO5. The summed E-state index contributed by atoms with van der Waals surface area (Å²) < 4.78 is 10.5. The molecule has 0 saturated heterocycles. The number of aromatic carboxylic acids is 1. The largest absolute Gasteiger partial charge is 0.497 e. The second-order valence-corrected chi connectivity index (χ2v) is 5.75. The van der Waals surface area contributed by atoms with Crippen molar-refractivity contribution in [2.24, 2.45) is 0 Å². The van der Waals surface area contributed by atoms with Gasteiger partial charge in [-0.1, -0.05) is 19.3 Å². The minimum atomic E-state index is -1.10. The third kappa shape index (κ3) is 4.37. The molecule has 0 atom stereocenters. The van der Waals surface area contributed by atoms with E-state index in [-0.39, 0.29) is 29.9 Å². The van der Waals surface area contributed by atoms with Crippen molar-refractivity contribution in [3.8, 4) is 11.5 Å². The van der Waals surface area contributed by atoms with Gasteiger partial charge in [0.25, 0.3) is 5.91 Å². The van der Waals surface area contributed by atoms with E-state index in [9.17, 15) is 14.7 Å². The number of rotatable bonds is 6. The van der Waals surface area contributed by atoms with Gasteiger partial charge in [0.05, 0.1) is 7.11 Å². The first kappa shape index (κ1) is 17.1. The van der Waals surface area contributed by atoms with Gasteiger partial charge in [-0.05, 0) is 25.0 Å². The van der Waals surface area contributed by atoms with Gasteiger partial charge in [0.1, 0.15) is 17.1 Å². The van der Waals surface area contributed by atoms with Crippen molar-refractivity contribution >= 4 is 11.9 Å². The fourth-order valence-electron chi connectivity index (χ4n) is 2.84. The molecule has 0 unspecified atom stereocenters. The summed E-state index contributed by atoms with van der Waals surface area (Å²) in [5.74, 6) is -0.618. The smallest absolute Gasteiger partial charge is 0.339 e. The van der Waals surface area contributed by atoms with Crippen LogP contribution in [0.3, 0.4) is 0 Å². The number of carboxylic acids is 1. The van der Waals surface area contributed by atoms with E-state index < -0.39 is 5.97 Å². The molecule has 23 heavy (non-hydrogen) atoms. The van der Waals surface area contributed by atoms with E-state index in [1.165, 1.54) is 25.7 Å². The fourth-order valence-corrected chi connectivity index (χ4v) is 2.84. The summed E-state index contributed by atoms with van der Waals surface area (Å²) in [4.78, 5) is 25.2. The van der Waals surface area contributed by atoms with Crippen LogP contribution in [-0.4, -0.2) is 48.7 Å². The van der Waals surface area contributed by atoms with E-state index in [4.69, 9.17) is 9.47 Å². The van der Waals surface area contributed by atoms with Gasteiger partial charge >= 0.3 is 5.97 Å². The molecule has 1 aliphatic carbocycles. The van der Waals surface area contributed by atoms with Crippen LogP contribution >= 0.6 is 0 Å². The van der Waals surface area contributed by atoms with Crippen LogP contribution in [0.5, 0.6) is 11.5 Å². The monoisotopic (exact) mass is 321 g/mol. The number of hydrogen-bond donors (Lipinski definition) is 1. The normalized spacial score (nSPS) is 15.0. The van der Waals surface area contributed by atoms with Crippen molar-refractivity contribution in [3.63, 3.8) is 0 Å². The Kier molecular flexibility index (Phi) is 5.84. The topological polar surface area (TPSA) is 76.1 Å². The highest BCUT2D eigenvalue weighted by Crippen LogP contribution is 2.25. The molecule has 1 aromatic carbocycles. The van der Waals surface area contributed by atoms with Crippen LogP contribution in [0.2, 0.25) is 0 Å². The summed E-state index contributed by atoms with van der Waals surface area (Å²) in [6.07, 6.45) is 5.54. The van der Waals surface area contributed by atoms with Gasteiger partial charge in [0.2, 0.25) is 0 Å². The Morgan fingerprint density at radius 2 is 1.96 bits per heavy atom. The zero-order valence-corrected chi connectivity index (χ0v) is 13.6. The first-order valence-corrected chi connectivity index (χ1v) is 7.82. The molecular weight excluding hydrogens is 298 g/mol. The summed E-state index contributed by atoms with van der Waals surface area (Å²) in [5.41, 5.74) is 0.0129. The Morgan fingerprint density at radius 1 is 1.26 bits per heavy atom. The minimum absolute atomic E-state index is 0.0129. The van der Waals surface area contributed by atoms with Crippen LogP contribution in [0.4, 0.5) is 0 Å². The van der Waals surface area contributed by atoms with Crippen molar-refractivity contribution in [2.75, 3.05) is 20.8 Å². The lowest BCUT2D eigenvalue weighted by molar-refractivity contribution is -0.134. The lowest BCUT2D eigenvalue weighted by Crippen LogP contribution is -2.40. The van der Waals surface area contributed by atoms with Crippen LogP contribution in [0.25, 0.3) is 0 Å². The standard InChI is InChI=1S/C17H23NO5/c1-18(12-6-4-3-5-7-12)16(19)11-23-15-10-13(22-2)8-9-14(15)17(20)21/h8-10,12H,3-7,11H2,1-2H3,(H,20,21). The van der Waals surface area contributed by atoms with Gasteiger partial charge in [-0.15, -0.1) is 0 Å². The molecule has 6 nitrogen and oxygen atoms in total. The molecule has 0 spiro atoms. The number of nitrogens with zero attached hydrogens (tertiary/aromatic N) is 1. The van der Waals surface area contributed by atoms with Gasteiger partial charge in [-0.2, -0.15) is 0 Å². The SMILES string of the molecule is COc1ccc(C(=O)O)c(OCC(=O)N(C)C2CCCCC2)c1. The second-order valence-electron chi connectivity index (χ2n) is 5.75.